The highest BCUT2D eigenvalue weighted by molar-refractivity contribution is 5.76. The molecular formula is C15H20N2O4. The Balaban J connectivity index is 1.49. The van der Waals surface area contributed by atoms with Crippen LogP contribution in [-0.2, 0) is 16.1 Å². The predicted octanol–water partition coefficient (Wildman–Crippen LogP) is 0.453. The van der Waals surface area contributed by atoms with Gasteiger partial charge in [-0.3, -0.25) is 4.79 Å². The van der Waals surface area contributed by atoms with E-state index in [-0.39, 0.29) is 11.9 Å². The molecule has 1 saturated heterocycles. The van der Waals surface area contributed by atoms with E-state index in [1.807, 2.05) is 18.2 Å². The van der Waals surface area contributed by atoms with Crippen LogP contribution < -0.4 is 20.1 Å². The monoisotopic (exact) mass is 292 g/mol. The van der Waals surface area contributed by atoms with Gasteiger partial charge in [0, 0.05) is 25.6 Å². The van der Waals surface area contributed by atoms with E-state index in [1.54, 1.807) is 0 Å². The van der Waals surface area contributed by atoms with Crippen molar-refractivity contribution in [2.24, 2.45) is 0 Å². The molecule has 0 bridgehead atoms. The van der Waals surface area contributed by atoms with Crippen LogP contribution in [-0.4, -0.2) is 44.9 Å². The summed E-state index contributed by atoms with van der Waals surface area (Å²) >= 11 is 0. The lowest BCUT2D eigenvalue weighted by Crippen LogP contribution is -2.44. The summed E-state index contributed by atoms with van der Waals surface area (Å²) in [7, 11) is 0. The van der Waals surface area contributed by atoms with Crippen molar-refractivity contribution in [3.8, 4) is 11.5 Å². The van der Waals surface area contributed by atoms with Gasteiger partial charge in [0.15, 0.2) is 11.5 Å². The first-order valence-electron chi connectivity index (χ1n) is 7.27. The number of ether oxygens (including phenoxy) is 3. The number of fused-ring (bicyclic) bond motifs is 1. The highest BCUT2D eigenvalue weighted by Gasteiger charge is 2.17. The van der Waals surface area contributed by atoms with E-state index >= 15 is 0 Å². The first-order chi connectivity index (χ1) is 10.3. The molecular weight excluding hydrogens is 272 g/mol. The summed E-state index contributed by atoms with van der Waals surface area (Å²) < 4.78 is 16.3. The van der Waals surface area contributed by atoms with Crippen LogP contribution in [0.1, 0.15) is 12.0 Å². The zero-order valence-electron chi connectivity index (χ0n) is 11.9. The smallest absolute Gasteiger partial charge is 0.221 e. The Morgan fingerprint density at radius 1 is 1.24 bits per heavy atom. The minimum atomic E-state index is 0.0212. The molecule has 1 aromatic rings. The first kappa shape index (κ1) is 14.2. The van der Waals surface area contributed by atoms with Crippen molar-refractivity contribution in [3.63, 3.8) is 0 Å². The van der Waals surface area contributed by atoms with Crippen molar-refractivity contribution < 1.29 is 19.0 Å². The molecule has 1 amide bonds. The molecule has 0 radical (unpaired) electrons. The van der Waals surface area contributed by atoms with Crippen molar-refractivity contribution in [1.82, 2.24) is 10.6 Å². The molecule has 2 aliphatic rings. The van der Waals surface area contributed by atoms with Crippen LogP contribution in [0.3, 0.4) is 0 Å². The van der Waals surface area contributed by atoms with E-state index in [0.29, 0.717) is 32.8 Å². The zero-order valence-corrected chi connectivity index (χ0v) is 11.9. The van der Waals surface area contributed by atoms with Crippen LogP contribution in [0.25, 0.3) is 0 Å². The largest absolute Gasteiger partial charge is 0.486 e. The third-order valence-corrected chi connectivity index (χ3v) is 3.53. The fourth-order valence-corrected chi connectivity index (χ4v) is 2.45. The third kappa shape index (κ3) is 3.86. The molecule has 1 aromatic carbocycles. The second kappa shape index (κ2) is 6.78. The van der Waals surface area contributed by atoms with Crippen molar-refractivity contribution in [3.05, 3.63) is 23.8 Å². The van der Waals surface area contributed by atoms with Crippen LogP contribution >= 0.6 is 0 Å². The Morgan fingerprint density at radius 2 is 2.10 bits per heavy atom. The normalized spacial score (nSPS) is 20.9. The summed E-state index contributed by atoms with van der Waals surface area (Å²) in [5.41, 5.74) is 1.00. The number of morpholine rings is 1. The number of amides is 1. The van der Waals surface area contributed by atoms with Crippen molar-refractivity contribution in [2.45, 2.75) is 19.0 Å². The lowest BCUT2D eigenvalue weighted by atomic mass is 10.1. The molecule has 2 aliphatic heterocycles. The molecule has 0 aromatic heterocycles. The molecule has 0 aliphatic carbocycles. The van der Waals surface area contributed by atoms with Gasteiger partial charge in [-0.15, -0.1) is 0 Å². The van der Waals surface area contributed by atoms with E-state index < -0.39 is 0 Å². The molecule has 2 N–H and O–H groups in total. The molecule has 0 saturated carbocycles. The van der Waals surface area contributed by atoms with Gasteiger partial charge in [-0.1, -0.05) is 6.07 Å². The van der Waals surface area contributed by atoms with Gasteiger partial charge in [-0.25, -0.2) is 0 Å². The summed E-state index contributed by atoms with van der Waals surface area (Å²) in [6.45, 7) is 3.76. The van der Waals surface area contributed by atoms with Crippen molar-refractivity contribution in [1.29, 1.82) is 0 Å². The maximum Gasteiger partial charge on any atom is 0.221 e. The van der Waals surface area contributed by atoms with Gasteiger partial charge >= 0.3 is 0 Å². The Hall–Kier alpha value is -1.79. The molecule has 1 atom stereocenters. The molecule has 21 heavy (non-hydrogen) atoms. The van der Waals surface area contributed by atoms with E-state index in [0.717, 1.165) is 30.2 Å². The van der Waals surface area contributed by atoms with Crippen molar-refractivity contribution >= 4 is 5.91 Å². The van der Waals surface area contributed by atoms with Crippen LogP contribution in [0.4, 0.5) is 0 Å². The maximum atomic E-state index is 11.9. The van der Waals surface area contributed by atoms with Gasteiger partial charge in [0.05, 0.1) is 13.2 Å². The molecule has 114 valence electrons. The van der Waals surface area contributed by atoms with E-state index in [4.69, 9.17) is 14.2 Å². The zero-order chi connectivity index (χ0) is 14.5. The van der Waals surface area contributed by atoms with E-state index in [9.17, 15) is 4.79 Å². The van der Waals surface area contributed by atoms with Gasteiger partial charge in [0.1, 0.15) is 13.2 Å². The highest BCUT2D eigenvalue weighted by atomic mass is 16.6. The topological polar surface area (TPSA) is 68.8 Å². The van der Waals surface area contributed by atoms with Gasteiger partial charge < -0.3 is 24.8 Å². The Morgan fingerprint density at radius 3 is 2.90 bits per heavy atom. The second-order valence-electron chi connectivity index (χ2n) is 5.18. The SMILES string of the molecule is O=C(CC1COCCN1)NCc1ccc2c(c1)OCCO2. The van der Waals surface area contributed by atoms with Gasteiger partial charge in [0.2, 0.25) is 5.91 Å². The molecule has 6 heteroatoms. The van der Waals surface area contributed by atoms with Gasteiger partial charge in [-0.2, -0.15) is 0 Å². The lowest BCUT2D eigenvalue weighted by molar-refractivity contribution is -0.122. The average Bonchev–Trinajstić information content (AvgIpc) is 2.54. The first-order valence-corrected chi connectivity index (χ1v) is 7.27. The Kier molecular flexibility index (Phi) is 4.57. The van der Waals surface area contributed by atoms with Gasteiger partial charge in [-0.05, 0) is 17.7 Å². The summed E-state index contributed by atoms with van der Waals surface area (Å²) in [6, 6.07) is 5.85. The summed E-state index contributed by atoms with van der Waals surface area (Å²) in [4.78, 5) is 11.9. The molecule has 3 rings (SSSR count). The number of hydrogen-bond acceptors (Lipinski definition) is 5. The fourth-order valence-electron chi connectivity index (χ4n) is 2.45. The summed E-state index contributed by atoms with van der Waals surface area (Å²) in [6.07, 6.45) is 0.435. The summed E-state index contributed by atoms with van der Waals surface area (Å²) in [5, 5.41) is 6.19. The number of carbonyl (C=O) groups is 1. The van der Waals surface area contributed by atoms with Crippen LogP contribution in [0.2, 0.25) is 0 Å². The second-order valence-corrected chi connectivity index (χ2v) is 5.18. The summed E-state index contributed by atoms with van der Waals surface area (Å²) in [5.74, 6) is 1.53. The highest BCUT2D eigenvalue weighted by Crippen LogP contribution is 2.30. The molecule has 0 spiro atoms. The van der Waals surface area contributed by atoms with Crippen LogP contribution in [0.15, 0.2) is 18.2 Å². The maximum absolute atomic E-state index is 11.9. The number of nitrogens with one attached hydrogen (secondary N) is 2. The Bertz CT molecular complexity index is 500. The molecule has 1 fully saturated rings. The third-order valence-electron chi connectivity index (χ3n) is 3.53. The minimum absolute atomic E-state index is 0.0212. The standard InChI is InChI=1S/C15H20N2O4/c18-15(8-12-10-19-4-3-16-12)17-9-11-1-2-13-14(7-11)21-6-5-20-13/h1-2,7,12,16H,3-6,8-10H2,(H,17,18). The molecule has 1 unspecified atom stereocenters. The van der Waals surface area contributed by atoms with E-state index in [1.165, 1.54) is 0 Å². The number of rotatable bonds is 4. The van der Waals surface area contributed by atoms with Crippen LogP contribution in [0, 0.1) is 0 Å². The Labute approximate surface area is 123 Å². The van der Waals surface area contributed by atoms with Gasteiger partial charge in [0.25, 0.3) is 0 Å². The van der Waals surface area contributed by atoms with Crippen molar-refractivity contribution in [2.75, 3.05) is 33.0 Å². The van der Waals surface area contributed by atoms with E-state index in [2.05, 4.69) is 10.6 Å². The number of benzene rings is 1. The molecule has 6 nitrogen and oxygen atoms in total. The number of carbonyl (C=O) groups excluding carboxylic acids is 1. The number of hydrogen-bond donors (Lipinski definition) is 2. The van der Waals surface area contributed by atoms with Crippen LogP contribution in [0.5, 0.6) is 11.5 Å². The predicted molar refractivity (Wildman–Crippen MR) is 76.5 cm³/mol. The quantitative estimate of drug-likeness (QED) is 0.843. The lowest BCUT2D eigenvalue weighted by Gasteiger charge is -2.23. The molecule has 2 heterocycles. The fraction of sp³-hybridized carbons (Fsp3) is 0.533. The minimum Gasteiger partial charge on any atom is -0.486 e. The average molecular weight is 292 g/mol.